The van der Waals surface area contributed by atoms with Crippen LogP contribution in [0.4, 0.5) is 5.82 Å². The van der Waals surface area contributed by atoms with E-state index in [0.717, 1.165) is 22.5 Å². The van der Waals surface area contributed by atoms with E-state index in [4.69, 9.17) is 37.1 Å². The number of benzene rings is 2. The van der Waals surface area contributed by atoms with Crippen molar-refractivity contribution in [1.82, 2.24) is 15.1 Å². The molecule has 0 radical (unpaired) electrons. The minimum absolute atomic E-state index is 0.0443. The van der Waals surface area contributed by atoms with Crippen molar-refractivity contribution < 1.29 is 37.8 Å². The van der Waals surface area contributed by atoms with Crippen molar-refractivity contribution >= 4 is 68.0 Å². The van der Waals surface area contributed by atoms with Crippen molar-refractivity contribution in [1.29, 1.82) is 0 Å². The second-order valence-electron chi connectivity index (χ2n) is 8.71. The third-order valence-electron chi connectivity index (χ3n) is 5.80. The summed E-state index contributed by atoms with van der Waals surface area (Å²) in [5.74, 6) is -0.875. The molecule has 4 aromatic rings. The number of sulfonamides is 1. The number of aliphatic carboxylic acids is 1. The Morgan fingerprint density at radius 3 is 2.52 bits per heavy atom. The number of rotatable bonds is 12. The largest absolute Gasteiger partial charge is 0.496 e. The van der Waals surface area contributed by atoms with Crippen molar-refractivity contribution in [2.45, 2.75) is 36.2 Å². The molecule has 6 N–H and O–H groups in total. The van der Waals surface area contributed by atoms with Crippen LogP contribution in [0.5, 0.6) is 5.75 Å². The van der Waals surface area contributed by atoms with Gasteiger partial charge in [-0.25, -0.2) is 8.42 Å². The van der Waals surface area contributed by atoms with Gasteiger partial charge in [0.25, 0.3) is 16.5 Å². The number of hydrogen-bond acceptors (Lipinski definition) is 9. The number of methoxy groups -OCH3 is 1. The highest BCUT2D eigenvalue weighted by Gasteiger charge is 2.23. The summed E-state index contributed by atoms with van der Waals surface area (Å²) in [6.45, 7) is 0.256. The van der Waals surface area contributed by atoms with Crippen LogP contribution >= 0.6 is 22.9 Å². The molecule has 0 spiro atoms. The fourth-order valence-corrected chi connectivity index (χ4v) is 6.41. The standard InChI is InChI=1S/C25H26ClN5O6S2.CH2O2/c1-37-19-7-3-6-18-23(19)24(30-39(35,36)22-11-9-20(26)38-22)29-31(18)14-16-5-2-4-15(12-16)13-28-25(34)17(27)8-10-21(32)33;2-1-3/h2-7,9,11-12,17H,8,10,13-14,27H2,1H3,(H,28,34)(H,29,30)(H,32,33);1H,(H,2,3)/t17-;/m0./s1. The van der Waals surface area contributed by atoms with Crippen LogP contribution < -0.4 is 20.5 Å². The molecule has 1 atom stereocenters. The minimum atomic E-state index is -3.94. The second-order valence-corrected chi connectivity index (χ2v) is 12.3. The summed E-state index contributed by atoms with van der Waals surface area (Å²) in [7, 11) is -2.44. The van der Waals surface area contributed by atoms with E-state index in [2.05, 4.69) is 15.1 Å². The highest BCUT2D eigenvalue weighted by atomic mass is 35.5. The third kappa shape index (κ3) is 8.42. The molecular formula is C26H28ClN5O8S2. The van der Waals surface area contributed by atoms with Gasteiger partial charge in [-0.3, -0.25) is 23.8 Å². The van der Waals surface area contributed by atoms with E-state index in [-0.39, 0.29) is 35.9 Å². The maximum absolute atomic E-state index is 13.0. The van der Waals surface area contributed by atoms with Gasteiger partial charge in [0.15, 0.2) is 5.82 Å². The zero-order chi connectivity index (χ0) is 30.9. The van der Waals surface area contributed by atoms with Gasteiger partial charge in [0.05, 0.1) is 34.9 Å². The molecule has 2 heterocycles. The molecule has 4 rings (SSSR count). The summed E-state index contributed by atoms with van der Waals surface area (Å²) in [5, 5.41) is 23.4. The smallest absolute Gasteiger partial charge is 0.303 e. The number of nitrogens with zero attached hydrogens (tertiary/aromatic N) is 2. The number of nitrogens with two attached hydrogens (primary N) is 1. The molecule has 0 aliphatic carbocycles. The predicted molar refractivity (Wildman–Crippen MR) is 157 cm³/mol. The average molecular weight is 638 g/mol. The third-order valence-corrected chi connectivity index (χ3v) is 8.86. The molecular weight excluding hydrogens is 610 g/mol. The van der Waals surface area contributed by atoms with Gasteiger partial charge in [-0.05, 0) is 41.8 Å². The van der Waals surface area contributed by atoms with Gasteiger partial charge in [0, 0.05) is 13.0 Å². The number of anilines is 1. The fourth-order valence-electron chi connectivity index (χ4n) is 3.92. The first-order valence-electron chi connectivity index (χ1n) is 12.2. The molecule has 0 saturated heterocycles. The molecule has 2 aromatic heterocycles. The first-order valence-corrected chi connectivity index (χ1v) is 14.9. The van der Waals surface area contributed by atoms with Crippen LogP contribution in [0.1, 0.15) is 24.0 Å². The van der Waals surface area contributed by atoms with Crippen LogP contribution in [-0.2, 0) is 37.5 Å². The quantitative estimate of drug-likeness (QED) is 0.144. The van der Waals surface area contributed by atoms with Crippen molar-refractivity contribution in [2.75, 3.05) is 11.8 Å². The van der Waals surface area contributed by atoms with Gasteiger partial charge in [0.1, 0.15) is 9.96 Å². The monoisotopic (exact) mass is 637 g/mol. The number of aromatic nitrogens is 2. The van der Waals surface area contributed by atoms with E-state index >= 15 is 0 Å². The number of hydrogen-bond donors (Lipinski definition) is 5. The van der Waals surface area contributed by atoms with E-state index in [0.29, 0.717) is 27.5 Å². The zero-order valence-corrected chi connectivity index (χ0v) is 24.6. The van der Waals surface area contributed by atoms with Gasteiger partial charge >= 0.3 is 5.97 Å². The zero-order valence-electron chi connectivity index (χ0n) is 22.2. The first-order chi connectivity index (χ1) is 20.0. The maximum Gasteiger partial charge on any atom is 0.303 e. The molecule has 224 valence electrons. The van der Waals surface area contributed by atoms with Crippen molar-refractivity contribution in [3.63, 3.8) is 0 Å². The number of fused-ring (bicyclic) bond motifs is 1. The van der Waals surface area contributed by atoms with E-state index < -0.39 is 27.9 Å². The van der Waals surface area contributed by atoms with Gasteiger partial charge in [-0.2, -0.15) is 5.10 Å². The van der Waals surface area contributed by atoms with Crippen LogP contribution in [-0.4, -0.2) is 59.9 Å². The van der Waals surface area contributed by atoms with Gasteiger partial charge in [-0.15, -0.1) is 11.3 Å². The van der Waals surface area contributed by atoms with Crippen LogP contribution in [0.15, 0.2) is 58.8 Å². The number of amides is 1. The molecule has 0 fully saturated rings. The Morgan fingerprint density at radius 1 is 1.19 bits per heavy atom. The molecule has 0 aliphatic rings. The van der Waals surface area contributed by atoms with Crippen LogP contribution in [0, 0.1) is 0 Å². The van der Waals surface area contributed by atoms with Gasteiger partial charge in [0.2, 0.25) is 5.91 Å². The van der Waals surface area contributed by atoms with Crippen LogP contribution in [0.2, 0.25) is 4.34 Å². The SMILES string of the molecule is COc1cccc2c1c(NS(=O)(=O)c1ccc(Cl)s1)nn2Cc1cccc(CNC(=O)[C@@H](N)CCC(=O)O)c1.O=CO. The summed E-state index contributed by atoms with van der Waals surface area (Å²) in [5.41, 5.74) is 8.08. The highest BCUT2D eigenvalue weighted by molar-refractivity contribution is 7.94. The topological polar surface area (TPSA) is 203 Å². The first kappa shape index (κ1) is 32.3. The highest BCUT2D eigenvalue weighted by Crippen LogP contribution is 2.35. The fraction of sp³-hybridized carbons (Fsp3) is 0.231. The number of halogens is 1. The lowest BCUT2D eigenvalue weighted by molar-refractivity contribution is -0.137. The number of nitrogens with one attached hydrogen (secondary N) is 2. The number of ether oxygens (including phenoxy) is 1. The van der Waals surface area contributed by atoms with Crippen molar-refractivity contribution in [3.8, 4) is 5.75 Å². The van der Waals surface area contributed by atoms with Crippen molar-refractivity contribution in [2.24, 2.45) is 5.73 Å². The summed E-state index contributed by atoms with van der Waals surface area (Å²) in [4.78, 5) is 31.3. The van der Waals surface area contributed by atoms with Gasteiger partial charge in [-0.1, -0.05) is 41.9 Å². The predicted octanol–water partition coefficient (Wildman–Crippen LogP) is 3.12. The second kappa shape index (κ2) is 14.6. The summed E-state index contributed by atoms with van der Waals surface area (Å²) >= 11 is 6.87. The number of carboxylic acid groups (broad SMARTS) is 2. The van der Waals surface area contributed by atoms with E-state index in [1.807, 2.05) is 30.3 Å². The summed E-state index contributed by atoms with van der Waals surface area (Å²) < 4.78 is 36.1. The molecule has 16 heteroatoms. The lowest BCUT2D eigenvalue weighted by atomic mass is 10.1. The molecule has 0 aliphatic heterocycles. The van der Waals surface area contributed by atoms with Crippen molar-refractivity contribution in [3.05, 3.63) is 70.1 Å². The normalized spacial score (nSPS) is 11.7. The van der Waals surface area contributed by atoms with E-state index in [1.165, 1.54) is 19.2 Å². The number of carbonyl (C=O) groups excluding carboxylic acids is 1. The summed E-state index contributed by atoms with van der Waals surface area (Å²) in [6.07, 6.45) is -0.144. The minimum Gasteiger partial charge on any atom is -0.496 e. The lowest BCUT2D eigenvalue weighted by Crippen LogP contribution is -2.40. The Balaban J connectivity index is 0.00000155. The van der Waals surface area contributed by atoms with Gasteiger partial charge < -0.3 is 26.0 Å². The molecule has 1 amide bonds. The lowest BCUT2D eigenvalue weighted by Gasteiger charge is -2.12. The van der Waals surface area contributed by atoms with Crippen LogP contribution in [0.3, 0.4) is 0 Å². The Bertz CT molecular complexity index is 1670. The van der Waals surface area contributed by atoms with E-state index in [9.17, 15) is 18.0 Å². The number of carboxylic acids is 1. The average Bonchev–Trinajstić information content (AvgIpc) is 3.54. The molecule has 0 unspecified atom stereocenters. The molecule has 13 nitrogen and oxygen atoms in total. The van der Waals surface area contributed by atoms with E-state index in [1.54, 1.807) is 16.8 Å². The molecule has 42 heavy (non-hydrogen) atoms. The summed E-state index contributed by atoms with van der Waals surface area (Å²) in [6, 6.07) is 14.8. The Morgan fingerprint density at radius 2 is 1.88 bits per heavy atom. The van der Waals surface area contributed by atoms with Crippen LogP contribution in [0.25, 0.3) is 10.9 Å². The Hall–Kier alpha value is -4.18. The molecule has 0 saturated carbocycles. The molecule has 2 aromatic carbocycles. The molecule has 0 bridgehead atoms. The number of thiophene rings is 1. The number of carbonyl (C=O) groups is 3. The maximum atomic E-state index is 13.0. The Kier molecular flexibility index (Phi) is 11.3. The Labute approximate surface area is 249 Å².